The minimum Gasteiger partial charge on any atom is -0.491 e. The van der Waals surface area contributed by atoms with Gasteiger partial charge in [0, 0.05) is 11.8 Å². The maximum atomic E-state index is 12.1. The van der Waals surface area contributed by atoms with E-state index >= 15 is 0 Å². The number of amides is 1. The van der Waals surface area contributed by atoms with Crippen molar-refractivity contribution in [3.8, 4) is 5.75 Å². The van der Waals surface area contributed by atoms with E-state index in [-0.39, 0.29) is 12.0 Å². The van der Waals surface area contributed by atoms with E-state index in [4.69, 9.17) is 16.3 Å². The second kappa shape index (κ2) is 6.44. The van der Waals surface area contributed by atoms with E-state index in [1.165, 1.54) is 0 Å². The molecular formula is C16H16ClNO2. The van der Waals surface area contributed by atoms with Crippen LogP contribution in [0.4, 0.5) is 5.69 Å². The Bertz CT molecular complexity index is 611. The SMILES string of the molecule is CC(C)Oc1cccc(NC(=O)c2ccccc2Cl)c1. The van der Waals surface area contributed by atoms with Crippen LogP contribution in [0.3, 0.4) is 0 Å². The Morgan fingerprint density at radius 3 is 2.60 bits per heavy atom. The van der Waals surface area contributed by atoms with Crippen molar-refractivity contribution < 1.29 is 9.53 Å². The van der Waals surface area contributed by atoms with Gasteiger partial charge < -0.3 is 10.1 Å². The summed E-state index contributed by atoms with van der Waals surface area (Å²) < 4.78 is 5.59. The molecule has 0 saturated carbocycles. The van der Waals surface area contributed by atoms with E-state index in [9.17, 15) is 4.79 Å². The standard InChI is InChI=1S/C16H16ClNO2/c1-11(2)20-13-7-5-6-12(10-13)18-16(19)14-8-3-4-9-15(14)17/h3-11H,1-2H3,(H,18,19). The van der Waals surface area contributed by atoms with Gasteiger partial charge in [-0.2, -0.15) is 0 Å². The van der Waals surface area contributed by atoms with Crippen molar-refractivity contribution in [3.05, 3.63) is 59.1 Å². The first-order chi connectivity index (χ1) is 9.56. The van der Waals surface area contributed by atoms with Gasteiger partial charge in [-0.15, -0.1) is 0 Å². The predicted octanol–water partition coefficient (Wildman–Crippen LogP) is 4.38. The average molecular weight is 290 g/mol. The van der Waals surface area contributed by atoms with Gasteiger partial charge in [-0.1, -0.05) is 29.8 Å². The third kappa shape index (κ3) is 3.75. The molecule has 2 aromatic carbocycles. The lowest BCUT2D eigenvalue weighted by Crippen LogP contribution is -2.12. The first-order valence-electron chi connectivity index (χ1n) is 6.39. The van der Waals surface area contributed by atoms with Crippen molar-refractivity contribution in [2.45, 2.75) is 20.0 Å². The van der Waals surface area contributed by atoms with Gasteiger partial charge in [0.15, 0.2) is 0 Å². The monoisotopic (exact) mass is 289 g/mol. The van der Waals surface area contributed by atoms with Crippen LogP contribution in [0.25, 0.3) is 0 Å². The number of rotatable bonds is 4. The lowest BCUT2D eigenvalue weighted by molar-refractivity contribution is 0.102. The van der Waals surface area contributed by atoms with Crippen LogP contribution in [0.2, 0.25) is 5.02 Å². The number of hydrogen-bond acceptors (Lipinski definition) is 2. The Morgan fingerprint density at radius 2 is 1.90 bits per heavy atom. The zero-order valence-electron chi connectivity index (χ0n) is 11.4. The highest BCUT2D eigenvalue weighted by Crippen LogP contribution is 2.21. The lowest BCUT2D eigenvalue weighted by Gasteiger charge is -2.11. The fourth-order valence-electron chi connectivity index (χ4n) is 1.76. The molecule has 1 amide bonds. The molecular weight excluding hydrogens is 274 g/mol. The lowest BCUT2D eigenvalue weighted by atomic mass is 10.2. The van der Waals surface area contributed by atoms with Crippen LogP contribution >= 0.6 is 11.6 Å². The predicted molar refractivity (Wildman–Crippen MR) is 81.6 cm³/mol. The van der Waals surface area contributed by atoms with Crippen molar-refractivity contribution in [3.63, 3.8) is 0 Å². The van der Waals surface area contributed by atoms with E-state index in [0.29, 0.717) is 16.3 Å². The van der Waals surface area contributed by atoms with Crippen LogP contribution in [0.1, 0.15) is 24.2 Å². The number of carbonyl (C=O) groups excluding carboxylic acids is 1. The van der Waals surface area contributed by atoms with E-state index in [1.54, 1.807) is 30.3 Å². The number of nitrogens with one attached hydrogen (secondary N) is 1. The molecule has 0 atom stereocenters. The van der Waals surface area contributed by atoms with Crippen LogP contribution in [-0.4, -0.2) is 12.0 Å². The molecule has 20 heavy (non-hydrogen) atoms. The number of hydrogen-bond donors (Lipinski definition) is 1. The van der Waals surface area contributed by atoms with Crippen LogP contribution < -0.4 is 10.1 Å². The molecule has 2 aromatic rings. The van der Waals surface area contributed by atoms with Crippen LogP contribution in [-0.2, 0) is 0 Å². The summed E-state index contributed by atoms with van der Waals surface area (Å²) in [7, 11) is 0. The molecule has 1 N–H and O–H groups in total. The third-order valence-electron chi connectivity index (χ3n) is 2.58. The molecule has 104 valence electrons. The number of carbonyl (C=O) groups is 1. The topological polar surface area (TPSA) is 38.3 Å². The number of ether oxygens (including phenoxy) is 1. The van der Waals surface area contributed by atoms with E-state index in [1.807, 2.05) is 32.0 Å². The maximum absolute atomic E-state index is 12.1. The molecule has 0 aliphatic carbocycles. The fourth-order valence-corrected chi connectivity index (χ4v) is 1.98. The van der Waals surface area contributed by atoms with Crippen molar-refractivity contribution in [1.82, 2.24) is 0 Å². The Balaban J connectivity index is 2.14. The second-order valence-corrected chi connectivity index (χ2v) is 5.04. The van der Waals surface area contributed by atoms with E-state index in [0.717, 1.165) is 5.75 Å². The van der Waals surface area contributed by atoms with Gasteiger partial charge in [-0.05, 0) is 38.1 Å². The van der Waals surface area contributed by atoms with Gasteiger partial charge in [0.2, 0.25) is 0 Å². The summed E-state index contributed by atoms with van der Waals surface area (Å²) in [6.07, 6.45) is 0.0875. The second-order valence-electron chi connectivity index (χ2n) is 4.63. The van der Waals surface area contributed by atoms with E-state index < -0.39 is 0 Å². The summed E-state index contributed by atoms with van der Waals surface area (Å²) >= 11 is 6.00. The van der Waals surface area contributed by atoms with E-state index in [2.05, 4.69) is 5.32 Å². The van der Waals surface area contributed by atoms with Gasteiger partial charge in [0.05, 0.1) is 16.7 Å². The number of anilines is 1. The Kier molecular flexibility index (Phi) is 4.64. The van der Waals surface area contributed by atoms with Crippen molar-refractivity contribution in [2.24, 2.45) is 0 Å². The maximum Gasteiger partial charge on any atom is 0.257 e. The Morgan fingerprint density at radius 1 is 1.15 bits per heavy atom. The van der Waals surface area contributed by atoms with Crippen LogP contribution in [0.5, 0.6) is 5.75 Å². The average Bonchev–Trinajstić information content (AvgIpc) is 2.38. The summed E-state index contributed by atoms with van der Waals surface area (Å²) in [5, 5.41) is 3.24. The summed E-state index contributed by atoms with van der Waals surface area (Å²) in [5.41, 5.74) is 1.12. The zero-order valence-corrected chi connectivity index (χ0v) is 12.1. The summed E-state index contributed by atoms with van der Waals surface area (Å²) in [5.74, 6) is 0.481. The normalized spacial score (nSPS) is 10.4. The molecule has 0 fully saturated rings. The zero-order chi connectivity index (χ0) is 14.5. The van der Waals surface area contributed by atoms with Crippen LogP contribution in [0, 0.1) is 0 Å². The molecule has 0 heterocycles. The van der Waals surface area contributed by atoms with Crippen molar-refractivity contribution in [1.29, 1.82) is 0 Å². The first-order valence-corrected chi connectivity index (χ1v) is 6.76. The highest BCUT2D eigenvalue weighted by molar-refractivity contribution is 6.34. The molecule has 2 rings (SSSR count). The summed E-state index contributed by atoms with van der Waals surface area (Å²) in [4.78, 5) is 12.1. The van der Waals surface area contributed by atoms with Gasteiger partial charge in [0.1, 0.15) is 5.75 Å². The highest BCUT2D eigenvalue weighted by Gasteiger charge is 2.10. The number of benzene rings is 2. The molecule has 0 aromatic heterocycles. The molecule has 0 aliphatic heterocycles. The highest BCUT2D eigenvalue weighted by atomic mass is 35.5. The molecule has 0 spiro atoms. The van der Waals surface area contributed by atoms with Gasteiger partial charge in [-0.3, -0.25) is 4.79 Å². The molecule has 4 heteroatoms. The van der Waals surface area contributed by atoms with Gasteiger partial charge in [-0.25, -0.2) is 0 Å². The molecule has 0 unspecified atom stereocenters. The molecule has 0 bridgehead atoms. The number of halogens is 1. The largest absolute Gasteiger partial charge is 0.491 e. The van der Waals surface area contributed by atoms with Crippen LogP contribution in [0.15, 0.2) is 48.5 Å². The Hall–Kier alpha value is -2.00. The first kappa shape index (κ1) is 14.4. The van der Waals surface area contributed by atoms with Crippen molar-refractivity contribution >= 4 is 23.2 Å². The molecule has 0 radical (unpaired) electrons. The fraction of sp³-hybridized carbons (Fsp3) is 0.188. The summed E-state index contributed by atoms with van der Waals surface area (Å²) in [6.45, 7) is 3.91. The Labute approximate surface area is 123 Å². The third-order valence-corrected chi connectivity index (χ3v) is 2.91. The minimum atomic E-state index is -0.239. The minimum absolute atomic E-state index is 0.0875. The van der Waals surface area contributed by atoms with Gasteiger partial charge >= 0.3 is 0 Å². The molecule has 0 aliphatic rings. The molecule has 3 nitrogen and oxygen atoms in total. The smallest absolute Gasteiger partial charge is 0.257 e. The summed E-state index contributed by atoms with van der Waals surface area (Å²) in [6, 6.07) is 14.2. The van der Waals surface area contributed by atoms with Crippen molar-refractivity contribution in [2.75, 3.05) is 5.32 Å². The quantitative estimate of drug-likeness (QED) is 0.907. The molecule has 0 saturated heterocycles. The van der Waals surface area contributed by atoms with Gasteiger partial charge in [0.25, 0.3) is 5.91 Å².